The number of aromatic amines is 1. The van der Waals surface area contributed by atoms with Crippen LogP contribution in [0, 0.1) is 0 Å². The Hall–Kier alpha value is -0.520. The van der Waals surface area contributed by atoms with Gasteiger partial charge in [0.15, 0.2) is 5.69 Å². The zero-order chi connectivity index (χ0) is 11.1. The van der Waals surface area contributed by atoms with Crippen molar-refractivity contribution in [2.75, 3.05) is 0 Å². The van der Waals surface area contributed by atoms with Crippen LogP contribution in [0.5, 0.6) is 0 Å². The van der Waals surface area contributed by atoms with E-state index in [1.165, 1.54) is 0 Å². The van der Waals surface area contributed by atoms with Crippen molar-refractivity contribution in [3.63, 3.8) is 0 Å². The maximum atomic E-state index is 12.3. The summed E-state index contributed by atoms with van der Waals surface area (Å²) in [5.41, 5.74) is -0.869. The third kappa shape index (κ3) is 2.10. The van der Waals surface area contributed by atoms with Gasteiger partial charge in [0, 0.05) is 5.41 Å². The van der Waals surface area contributed by atoms with E-state index in [0.29, 0.717) is 5.69 Å². The monoisotopic (exact) mass is 270 g/mol. The first-order valence-electron chi connectivity index (χ1n) is 3.95. The molecule has 0 saturated heterocycles. The van der Waals surface area contributed by atoms with Crippen molar-refractivity contribution >= 4 is 15.9 Å². The van der Waals surface area contributed by atoms with Gasteiger partial charge in [0.1, 0.15) is 0 Å². The molecular weight excluding hydrogens is 261 g/mol. The van der Waals surface area contributed by atoms with Crippen LogP contribution < -0.4 is 0 Å². The molecule has 1 heterocycles. The van der Waals surface area contributed by atoms with Crippen LogP contribution in [0.2, 0.25) is 0 Å². The van der Waals surface area contributed by atoms with Crippen molar-refractivity contribution < 1.29 is 13.2 Å². The number of nitrogens with zero attached hydrogens (tertiary/aromatic N) is 1. The van der Waals surface area contributed by atoms with E-state index in [2.05, 4.69) is 21.0 Å². The van der Waals surface area contributed by atoms with E-state index in [1.807, 2.05) is 5.10 Å². The van der Waals surface area contributed by atoms with Crippen LogP contribution in [0.25, 0.3) is 0 Å². The van der Waals surface area contributed by atoms with E-state index in [9.17, 15) is 13.2 Å². The van der Waals surface area contributed by atoms with E-state index in [1.54, 1.807) is 20.8 Å². The van der Waals surface area contributed by atoms with Gasteiger partial charge >= 0.3 is 6.18 Å². The van der Waals surface area contributed by atoms with E-state index in [4.69, 9.17) is 0 Å². The maximum Gasteiger partial charge on any atom is 0.433 e. The van der Waals surface area contributed by atoms with Crippen molar-refractivity contribution in [3.8, 4) is 0 Å². The highest BCUT2D eigenvalue weighted by Gasteiger charge is 2.38. The number of rotatable bonds is 0. The molecule has 0 atom stereocenters. The van der Waals surface area contributed by atoms with Gasteiger partial charge in [-0.2, -0.15) is 18.3 Å². The van der Waals surface area contributed by atoms with Crippen molar-refractivity contribution in [3.05, 3.63) is 15.9 Å². The largest absolute Gasteiger partial charge is 0.433 e. The van der Waals surface area contributed by atoms with Crippen LogP contribution in [0.3, 0.4) is 0 Å². The van der Waals surface area contributed by atoms with Crippen molar-refractivity contribution in [1.82, 2.24) is 10.2 Å². The number of nitrogens with one attached hydrogen (secondary N) is 1. The smallest absolute Gasteiger partial charge is 0.272 e. The molecule has 2 nitrogen and oxygen atoms in total. The van der Waals surface area contributed by atoms with Gasteiger partial charge < -0.3 is 0 Å². The number of H-pyrrole nitrogens is 1. The highest BCUT2D eigenvalue weighted by atomic mass is 79.9. The van der Waals surface area contributed by atoms with E-state index >= 15 is 0 Å². The molecule has 0 saturated carbocycles. The molecule has 0 unspecified atom stereocenters. The van der Waals surface area contributed by atoms with Crippen LogP contribution in [0.1, 0.15) is 32.2 Å². The predicted molar refractivity (Wildman–Crippen MR) is 50.0 cm³/mol. The van der Waals surface area contributed by atoms with Gasteiger partial charge in [-0.25, -0.2) is 0 Å². The molecule has 0 bridgehead atoms. The molecule has 0 aliphatic carbocycles. The fraction of sp³-hybridized carbons (Fsp3) is 0.625. The quantitative estimate of drug-likeness (QED) is 0.768. The zero-order valence-electron chi connectivity index (χ0n) is 7.96. The summed E-state index contributed by atoms with van der Waals surface area (Å²) in [5, 5.41) is 5.66. The lowest BCUT2D eigenvalue weighted by molar-refractivity contribution is -0.141. The summed E-state index contributed by atoms with van der Waals surface area (Å²) in [5.74, 6) is 0. The molecule has 0 spiro atoms. The molecule has 0 radical (unpaired) electrons. The van der Waals surface area contributed by atoms with Crippen molar-refractivity contribution in [1.29, 1.82) is 0 Å². The standard InChI is InChI=1S/C8H10BrF3N2/c1-7(2,3)5-4(9)6(14-13-5)8(10,11)12/h1-3H3,(H,13,14). The lowest BCUT2D eigenvalue weighted by atomic mass is 9.92. The summed E-state index contributed by atoms with van der Waals surface area (Å²) in [4.78, 5) is 0. The molecule has 0 fully saturated rings. The van der Waals surface area contributed by atoms with Crippen LogP contribution in [0.15, 0.2) is 4.47 Å². The molecule has 14 heavy (non-hydrogen) atoms. The SMILES string of the molecule is CC(C)(C)c1n[nH]c(C(F)(F)F)c1Br. The number of hydrogen-bond acceptors (Lipinski definition) is 1. The van der Waals surface area contributed by atoms with Gasteiger partial charge in [0.25, 0.3) is 0 Å². The molecule has 1 N–H and O–H groups in total. The third-order valence-electron chi connectivity index (χ3n) is 1.70. The Morgan fingerprint density at radius 2 is 1.71 bits per heavy atom. The lowest BCUT2D eigenvalue weighted by Gasteiger charge is -2.15. The summed E-state index contributed by atoms with van der Waals surface area (Å²) in [6, 6.07) is 0. The van der Waals surface area contributed by atoms with Gasteiger partial charge in [-0.1, -0.05) is 20.8 Å². The van der Waals surface area contributed by atoms with Crippen molar-refractivity contribution in [2.24, 2.45) is 0 Å². The Kier molecular flexibility index (Phi) is 2.69. The van der Waals surface area contributed by atoms with Crippen molar-refractivity contribution in [2.45, 2.75) is 32.4 Å². The fourth-order valence-corrected chi connectivity index (χ4v) is 2.01. The third-order valence-corrected chi connectivity index (χ3v) is 2.47. The summed E-state index contributed by atoms with van der Waals surface area (Å²) >= 11 is 2.91. The minimum Gasteiger partial charge on any atom is -0.272 e. The maximum absolute atomic E-state index is 12.3. The molecule has 0 aromatic carbocycles. The summed E-state index contributed by atoms with van der Waals surface area (Å²) < 4.78 is 37.0. The Bertz CT molecular complexity index is 304. The Labute approximate surface area is 88.0 Å². The normalized spacial score (nSPS) is 13.4. The average Bonchev–Trinajstić information content (AvgIpc) is 2.26. The van der Waals surface area contributed by atoms with Crippen LogP contribution in [-0.4, -0.2) is 10.2 Å². The van der Waals surface area contributed by atoms with Gasteiger partial charge in [0.2, 0.25) is 0 Å². The Balaban J connectivity index is 3.23. The summed E-state index contributed by atoms with van der Waals surface area (Å²) in [6.07, 6.45) is -4.39. The highest BCUT2D eigenvalue weighted by Crippen LogP contribution is 2.38. The molecule has 0 aliphatic heterocycles. The van der Waals surface area contributed by atoms with Crippen LogP contribution >= 0.6 is 15.9 Å². The summed E-state index contributed by atoms with van der Waals surface area (Å²) in [6.45, 7) is 5.40. The second-order valence-electron chi connectivity index (χ2n) is 4.01. The Morgan fingerprint density at radius 3 is 1.93 bits per heavy atom. The molecule has 80 valence electrons. The highest BCUT2D eigenvalue weighted by molar-refractivity contribution is 9.10. The van der Waals surface area contributed by atoms with E-state index in [-0.39, 0.29) is 4.47 Å². The lowest BCUT2D eigenvalue weighted by Crippen LogP contribution is -2.13. The number of alkyl halides is 3. The average molecular weight is 271 g/mol. The molecule has 1 rings (SSSR count). The predicted octanol–water partition coefficient (Wildman–Crippen LogP) is 3.49. The van der Waals surface area contributed by atoms with Gasteiger partial charge in [-0.3, -0.25) is 5.10 Å². The van der Waals surface area contributed by atoms with Gasteiger partial charge in [0.05, 0.1) is 10.2 Å². The molecule has 0 aliphatic rings. The van der Waals surface area contributed by atoms with Gasteiger partial charge in [-0.15, -0.1) is 0 Å². The first kappa shape index (κ1) is 11.6. The van der Waals surface area contributed by atoms with Gasteiger partial charge in [-0.05, 0) is 15.9 Å². The first-order chi connectivity index (χ1) is 6.14. The minimum atomic E-state index is -4.39. The second-order valence-corrected chi connectivity index (χ2v) is 4.80. The molecule has 1 aromatic heterocycles. The van der Waals surface area contributed by atoms with Crippen LogP contribution in [-0.2, 0) is 11.6 Å². The first-order valence-corrected chi connectivity index (χ1v) is 4.75. The molecule has 0 amide bonds. The molecule has 1 aromatic rings. The number of halogens is 4. The summed E-state index contributed by atoms with van der Waals surface area (Å²) in [7, 11) is 0. The van der Waals surface area contributed by atoms with E-state index in [0.717, 1.165) is 0 Å². The fourth-order valence-electron chi connectivity index (χ4n) is 1.01. The number of hydrogen-bond donors (Lipinski definition) is 1. The molecule has 6 heteroatoms. The number of aromatic nitrogens is 2. The van der Waals surface area contributed by atoms with Crippen LogP contribution in [0.4, 0.5) is 13.2 Å². The zero-order valence-corrected chi connectivity index (χ0v) is 9.55. The minimum absolute atomic E-state index is 0.00231. The second kappa shape index (κ2) is 3.25. The molecular formula is C8H10BrF3N2. The Morgan fingerprint density at radius 1 is 1.21 bits per heavy atom. The van der Waals surface area contributed by atoms with E-state index < -0.39 is 17.3 Å². The topological polar surface area (TPSA) is 28.7 Å².